The van der Waals surface area contributed by atoms with Crippen LogP contribution in [-0.2, 0) is 19.9 Å². The number of hydrogen-bond donors (Lipinski definition) is 1. The molecule has 0 radical (unpaired) electrons. The third-order valence-electron chi connectivity index (χ3n) is 4.14. The molecule has 1 N–H and O–H groups in total. The van der Waals surface area contributed by atoms with E-state index in [2.05, 4.69) is 15.1 Å². The van der Waals surface area contributed by atoms with Crippen LogP contribution in [0.5, 0.6) is 0 Å². The first-order chi connectivity index (χ1) is 10.2. The molecule has 0 unspecified atom stereocenters. The number of nitrogens with zero attached hydrogens (tertiary/aromatic N) is 3. The van der Waals surface area contributed by atoms with E-state index >= 15 is 0 Å². The molecule has 4 rings (SSSR count). The lowest BCUT2D eigenvalue weighted by Gasteiger charge is -2.02. The van der Waals surface area contributed by atoms with E-state index in [1.165, 1.54) is 29.7 Å². The molecule has 3 aromatic rings. The second-order valence-corrected chi connectivity index (χ2v) is 6.58. The lowest BCUT2D eigenvalue weighted by Crippen LogP contribution is -2.11. The third kappa shape index (κ3) is 2.01. The summed E-state index contributed by atoms with van der Waals surface area (Å²) < 4.78 is 1.72. The highest BCUT2D eigenvalue weighted by Crippen LogP contribution is 2.33. The van der Waals surface area contributed by atoms with E-state index in [0.29, 0.717) is 5.82 Å². The summed E-state index contributed by atoms with van der Waals surface area (Å²) >= 11 is 1.68. The van der Waals surface area contributed by atoms with Crippen LogP contribution in [0.2, 0.25) is 0 Å². The second kappa shape index (κ2) is 4.80. The zero-order valence-electron chi connectivity index (χ0n) is 11.8. The fourth-order valence-corrected chi connectivity index (χ4v) is 4.33. The van der Waals surface area contributed by atoms with Crippen molar-refractivity contribution in [2.24, 2.45) is 7.05 Å². The molecule has 5 nitrogen and oxygen atoms in total. The molecule has 0 fully saturated rings. The predicted molar refractivity (Wildman–Crippen MR) is 83.7 cm³/mol. The van der Waals surface area contributed by atoms with Crippen LogP contribution in [-0.4, -0.2) is 19.7 Å². The van der Waals surface area contributed by atoms with Crippen molar-refractivity contribution >= 4 is 21.6 Å². The van der Waals surface area contributed by atoms with E-state index in [-0.39, 0.29) is 5.56 Å². The van der Waals surface area contributed by atoms with Crippen molar-refractivity contribution in [3.05, 3.63) is 33.1 Å². The van der Waals surface area contributed by atoms with Gasteiger partial charge in [-0.1, -0.05) is 6.42 Å². The topological polar surface area (TPSA) is 63.6 Å². The highest BCUT2D eigenvalue weighted by Gasteiger charge is 2.19. The first kappa shape index (κ1) is 12.8. The van der Waals surface area contributed by atoms with Crippen LogP contribution in [0.4, 0.5) is 0 Å². The highest BCUT2D eigenvalue weighted by atomic mass is 32.1. The lowest BCUT2D eigenvalue weighted by atomic mass is 10.1. The maximum Gasteiger partial charge on any atom is 0.260 e. The van der Waals surface area contributed by atoms with Crippen molar-refractivity contribution in [2.75, 3.05) is 0 Å². The summed E-state index contributed by atoms with van der Waals surface area (Å²) in [6.45, 7) is 0. The number of aromatic nitrogens is 4. The summed E-state index contributed by atoms with van der Waals surface area (Å²) in [6, 6.07) is 1.86. The number of thiophene rings is 1. The van der Waals surface area contributed by atoms with E-state index in [0.717, 1.165) is 28.8 Å². The highest BCUT2D eigenvalue weighted by molar-refractivity contribution is 7.18. The summed E-state index contributed by atoms with van der Waals surface area (Å²) in [5.74, 6) is 0.601. The molecule has 6 heteroatoms. The number of aryl methyl sites for hydroxylation is 3. The van der Waals surface area contributed by atoms with Gasteiger partial charge in [0.05, 0.1) is 5.39 Å². The van der Waals surface area contributed by atoms with Gasteiger partial charge in [0.2, 0.25) is 0 Å². The van der Waals surface area contributed by atoms with Gasteiger partial charge in [-0.3, -0.25) is 9.48 Å². The smallest absolute Gasteiger partial charge is 0.260 e. The molecule has 108 valence electrons. The Morgan fingerprint density at radius 1 is 1.29 bits per heavy atom. The Kier molecular flexibility index (Phi) is 2.92. The Hall–Kier alpha value is -1.95. The van der Waals surface area contributed by atoms with Gasteiger partial charge in [-0.25, -0.2) is 4.98 Å². The molecule has 0 atom stereocenters. The van der Waals surface area contributed by atoms with Crippen molar-refractivity contribution in [3.8, 4) is 11.5 Å². The van der Waals surface area contributed by atoms with E-state index < -0.39 is 0 Å². The molecule has 3 aromatic heterocycles. The molecule has 3 heterocycles. The SMILES string of the molecule is Cn1nccc1-c1nc2sc3c(c2c(=O)[nH]1)CCCCC3. The number of fused-ring (bicyclic) bond motifs is 3. The minimum Gasteiger partial charge on any atom is -0.305 e. The summed E-state index contributed by atoms with van der Waals surface area (Å²) in [5.41, 5.74) is 2.05. The van der Waals surface area contributed by atoms with Gasteiger partial charge >= 0.3 is 0 Å². The van der Waals surface area contributed by atoms with E-state index in [9.17, 15) is 4.79 Å². The monoisotopic (exact) mass is 300 g/mol. The van der Waals surface area contributed by atoms with Crippen LogP contribution in [0, 0.1) is 0 Å². The van der Waals surface area contributed by atoms with Gasteiger partial charge in [0.1, 0.15) is 10.5 Å². The molecule has 0 bridgehead atoms. The number of nitrogens with one attached hydrogen (secondary N) is 1. The molecule has 0 amide bonds. The second-order valence-electron chi connectivity index (χ2n) is 5.50. The fourth-order valence-electron chi connectivity index (χ4n) is 3.07. The Labute approximate surface area is 125 Å². The number of hydrogen-bond acceptors (Lipinski definition) is 4. The van der Waals surface area contributed by atoms with Gasteiger partial charge < -0.3 is 4.98 Å². The van der Waals surface area contributed by atoms with E-state index in [1.807, 2.05) is 13.1 Å². The molecule has 1 aliphatic rings. The maximum absolute atomic E-state index is 12.5. The minimum absolute atomic E-state index is 0.0180. The average molecular weight is 300 g/mol. The zero-order valence-corrected chi connectivity index (χ0v) is 12.7. The summed E-state index contributed by atoms with van der Waals surface area (Å²) in [6.07, 6.45) is 7.43. The van der Waals surface area contributed by atoms with E-state index in [1.54, 1.807) is 22.2 Å². The number of aromatic amines is 1. The first-order valence-electron chi connectivity index (χ1n) is 7.27. The maximum atomic E-state index is 12.5. The molecule has 21 heavy (non-hydrogen) atoms. The van der Waals surface area contributed by atoms with Gasteiger partial charge in [-0.15, -0.1) is 11.3 Å². The quantitative estimate of drug-likeness (QED) is 0.703. The van der Waals surface area contributed by atoms with Crippen LogP contribution in [0.15, 0.2) is 17.1 Å². The number of rotatable bonds is 1. The summed E-state index contributed by atoms with van der Waals surface area (Å²) in [4.78, 5) is 22.4. The van der Waals surface area contributed by atoms with Crippen LogP contribution in [0.3, 0.4) is 0 Å². The largest absolute Gasteiger partial charge is 0.305 e. The van der Waals surface area contributed by atoms with Crippen molar-refractivity contribution in [1.82, 2.24) is 19.7 Å². The average Bonchev–Trinajstić information content (AvgIpc) is 2.96. The Morgan fingerprint density at radius 3 is 2.95 bits per heavy atom. The van der Waals surface area contributed by atoms with Gasteiger partial charge in [-0.05, 0) is 37.3 Å². The molecule has 1 aliphatic carbocycles. The molecule has 0 aromatic carbocycles. The Balaban J connectivity index is 1.96. The van der Waals surface area contributed by atoms with Crippen molar-refractivity contribution in [1.29, 1.82) is 0 Å². The van der Waals surface area contributed by atoms with Gasteiger partial charge in [0.25, 0.3) is 5.56 Å². The molecular weight excluding hydrogens is 284 g/mol. The first-order valence-corrected chi connectivity index (χ1v) is 8.08. The lowest BCUT2D eigenvalue weighted by molar-refractivity contribution is 0.713. The number of H-pyrrole nitrogens is 1. The fraction of sp³-hybridized carbons (Fsp3) is 0.400. The molecular formula is C15H16N4OS. The summed E-state index contributed by atoms with van der Waals surface area (Å²) in [7, 11) is 1.85. The third-order valence-corrected chi connectivity index (χ3v) is 5.32. The van der Waals surface area contributed by atoms with Crippen LogP contribution < -0.4 is 5.56 Å². The molecule has 0 saturated carbocycles. The van der Waals surface area contributed by atoms with Crippen LogP contribution in [0.25, 0.3) is 21.7 Å². The Bertz CT molecular complexity index is 874. The predicted octanol–water partition coefficient (Wildman–Crippen LogP) is 2.65. The van der Waals surface area contributed by atoms with Crippen molar-refractivity contribution in [3.63, 3.8) is 0 Å². The van der Waals surface area contributed by atoms with Gasteiger partial charge in [0, 0.05) is 18.1 Å². The molecule has 0 spiro atoms. The minimum atomic E-state index is -0.0180. The molecule has 0 aliphatic heterocycles. The van der Waals surface area contributed by atoms with Gasteiger partial charge in [0.15, 0.2) is 5.82 Å². The Morgan fingerprint density at radius 2 is 2.14 bits per heavy atom. The van der Waals surface area contributed by atoms with Crippen molar-refractivity contribution < 1.29 is 0 Å². The normalized spacial score (nSPS) is 15.1. The zero-order chi connectivity index (χ0) is 14.4. The molecule has 0 saturated heterocycles. The standard InChI is InChI=1S/C15H16N4OS/c1-19-10(7-8-16-19)13-17-14(20)12-9-5-3-2-4-6-11(9)21-15(12)18-13/h7-8H,2-6H2,1H3,(H,17,18,20). The van der Waals surface area contributed by atoms with E-state index in [4.69, 9.17) is 0 Å². The van der Waals surface area contributed by atoms with Crippen molar-refractivity contribution in [2.45, 2.75) is 32.1 Å². The van der Waals surface area contributed by atoms with Crippen LogP contribution in [0.1, 0.15) is 29.7 Å². The van der Waals surface area contributed by atoms with Crippen LogP contribution >= 0.6 is 11.3 Å². The van der Waals surface area contributed by atoms with Gasteiger partial charge in [-0.2, -0.15) is 5.10 Å². The summed E-state index contributed by atoms with van der Waals surface area (Å²) in [5, 5.41) is 4.95.